The first kappa shape index (κ1) is 16.0. The minimum Gasteiger partial charge on any atom is -0.372 e. The Kier molecular flexibility index (Phi) is 5.76. The summed E-state index contributed by atoms with van der Waals surface area (Å²) in [4.78, 5) is 12.0. The van der Waals surface area contributed by atoms with Crippen LogP contribution in [-0.2, 0) is 16.0 Å². The highest BCUT2D eigenvalue weighted by atomic mass is 16.5. The maximum atomic E-state index is 12.0. The Morgan fingerprint density at radius 2 is 2.10 bits per heavy atom. The zero-order chi connectivity index (χ0) is 15.2. The fraction of sp³-hybridized carbons (Fsp3) is 0.588. The van der Waals surface area contributed by atoms with Gasteiger partial charge < -0.3 is 15.4 Å². The van der Waals surface area contributed by atoms with E-state index in [-0.39, 0.29) is 18.1 Å². The molecule has 1 aromatic carbocycles. The number of amides is 1. The number of fused-ring (bicyclic) bond motifs is 1. The maximum absolute atomic E-state index is 12.0. The normalized spacial score (nSPS) is 19.1. The van der Waals surface area contributed by atoms with Crippen molar-refractivity contribution >= 4 is 5.91 Å². The highest BCUT2D eigenvalue weighted by Gasteiger charge is 2.22. The van der Waals surface area contributed by atoms with Crippen molar-refractivity contribution in [1.82, 2.24) is 10.6 Å². The maximum Gasteiger partial charge on any atom is 0.236 e. The molecule has 1 aromatic rings. The number of ether oxygens (including phenoxy) is 1. The smallest absolute Gasteiger partial charge is 0.236 e. The molecule has 116 valence electrons. The molecular weight excluding hydrogens is 264 g/mol. The van der Waals surface area contributed by atoms with Crippen LogP contribution in [0, 0.1) is 5.92 Å². The van der Waals surface area contributed by atoms with Crippen LogP contribution in [0.25, 0.3) is 0 Å². The van der Waals surface area contributed by atoms with Crippen molar-refractivity contribution < 1.29 is 9.53 Å². The molecule has 2 unspecified atom stereocenters. The second-order valence-electron chi connectivity index (χ2n) is 6.08. The van der Waals surface area contributed by atoms with Crippen LogP contribution in [0.15, 0.2) is 24.3 Å². The Morgan fingerprint density at radius 1 is 1.33 bits per heavy atom. The number of rotatable bonds is 6. The first-order valence-corrected chi connectivity index (χ1v) is 7.78. The molecule has 4 nitrogen and oxygen atoms in total. The van der Waals surface area contributed by atoms with Gasteiger partial charge in [-0.15, -0.1) is 0 Å². The molecule has 4 heteroatoms. The van der Waals surface area contributed by atoms with Crippen LogP contribution in [-0.4, -0.2) is 31.6 Å². The highest BCUT2D eigenvalue weighted by molar-refractivity contribution is 5.81. The van der Waals surface area contributed by atoms with E-state index < -0.39 is 0 Å². The van der Waals surface area contributed by atoms with Crippen LogP contribution in [0.4, 0.5) is 0 Å². The fourth-order valence-corrected chi connectivity index (χ4v) is 2.48. The van der Waals surface area contributed by atoms with E-state index in [0.29, 0.717) is 19.0 Å². The topological polar surface area (TPSA) is 50.4 Å². The van der Waals surface area contributed by atoms with E-state index in [1.54, 1.807) is 0 Å². The Bertz CT molecular complexity index is 474. The molecule has 1 aliphatic heterocycles. The molecule has 0 saturated heterocycles. The SMILES string of the molecule is CC(C)CNC(=O)C(C)NCC1OCCc2ccccc21. The quantitative estimate of drug-likeness (QED) is 0.843. The number of benzene rings is 1. The predicted molar refractivity (Wildman–Crippen MR) is 84.2 cm³/mol. The van der Waals surface area contributed by atoms with E-state index in [1.807, 2.05) is 13.0 Å². The number of hydrogen-bond donors (Lipinski definition) is 2. The van der Waals surface area contributed by atoms with Crippen LogP contribution in [0.2, 0.25) is 0 Å². The van der Waals surface area contributed by atoms with Crippen molar-refractivity contribution in [2.24, 2.45) is 5.92 Å². The van der Waals surface area contributed by atoms with Gasteiger partial charge in [-0.2, -0.15) is 0 Å². The molecule has 0 aromatic heterocycles. The van der Waals surface area contributed by atoms with Gasteiger partial charge in [0.2, 0.25) is 5.91 Å². The third kappa shape index (κ3) is 4.55. The van der Waals surface area contributed by atoms with Crippen molar-refractivity contribution in [3.63, 3.8) is 0 Å². The molecule has 2 atom stereocenters. The average molecular weight is 290 g/mol. The number of carbonyl (C=O) groups is 1. The van der Waals surface area contributed by atoms with Crippen LogP contribution in [0.1, 0.15) is 38.0 Å². The Balaban J connectivity index is 1.85. The minimum atomic E-state index is -0.207. The number of nitrogens with one attached hydrogen (secondary N) is 2. The van der Waals surface area contributed by atoms with Gasteiger partial charge in [0.15, 0.2) is 0 Å². The second kappa shape index (κ2) is 7.57. The Hall–Kier alpha value is -1.39. The number of hydrogen-bond acceptors (Lipinski definition) is 3. The van der Waals surface area contributed by atoms with E-state index in [0.717, 1.165) is 13.0 Å². The van der Waals surface area contributed by atoms with Crippen LogP contribution in [0.5, 0.6) is 0 Å². The molecule has 2 N–H and O–H groups in total. The molecule has 2 rings (SSSR count). The molecule has 1 amide bonds. The van der Waals surface area contributed by atoms with Gasteiger partial charge in [0.25, 0.3) is 0 Å². The van der Waals surface area contributed by atoms with Gasteiger partial charge in [-0.05, 0) is 30.4 Å². The zero-order valence-electron chi connectivity index (χ0n) is 13.2. The van der Waals surface area contributed by atoms with E-state index >= 15 is 0 Å². The molecule has 0 bridgehead atoms. The fourth-order valence-electron chi connectivity index (χ4n) is 2.48. The Labute approximate surface area is 127 Å². The molecule has 1 aliphatic rings. The molecule has 0 spiro atoms. The van der Waals surface area contributed by atoms with Crippen molar-refractivity contribution in [3.8, 4) is 0 Å². The van der Waals surface area contributed by atoms with Gasteiger partial charge in [-0.3, -0.25) is 4.79 Å². The van der Waals surface area contributed by atoms with Crippen LogP contribution >= 0.6 is 0 Å². The van der Waals surface area contributed by atoms with Crippen molar-refractivity contribution in [1.29, 1.82) is 0 Å². The van der Waals surface area contributed by atoms with Gasteiger partial charge in [-0.1, -0.05) is 38.1 Å². The van der Waals surface area contributed by atoms with Crippen LogP contribution < -0.4 is 10.6 Å². The lowest BCUT2D eigenvalue weighted by molar-refractivity contribution is -0.123. The summed E-state index contributed by atoms with van der Waals surface area (Å²) in [5, 5.41) is 6.23. The van der Waals surface area contributed by atoms with Crippen molar-refractivity contribution in [2.75, 3.05) is 19.7 Å². The standard InChI is InChI=1S/C17H26N2O2/c1-12(2)10-19-17(20)13(3)18-11-16-15-7-5-4-6-14(15)8-9-21-16/h4-7,12-13,16,18H,8-11H2,1-3H3,(H,19,20). The summed E-state index contributed by atoms with van der Waals surface area (Å²) in [5.41, 5.74) is 2.60. The molecule has 0 aliphatic carbocycles. The van der Waals surface area contributed by atoms with Gasteiger partial charge >= 0.3 is 0 Å². The lowest BCUT2D eigenvalue weighted by atomic mass is 9.97. The van der Waals surface area contributed by atoms with Gasteiger partial charge in [-0.25, -0.2) is 0 Å². The van der Waals surface area contributed by atoms with Gasteiger partial charge in [0, 0.05) is 13.1 Å². The highest BCUT2D eigenvalue weighted by Crippen LogP contribution is 2.26. The summed E-state index contributed by atoms with van der Waals surface area (Å²) in [5.74, 6) is 0.516. The molecule has 21 heavy (non-hydrogen) atoms. The summed E-state index contributed by atoms with van der Waals surface area (Å²) >= 11 is 0. The molecule has 1 heterocycles. The van der Waals surface area contributed by atoms with E-state index in [9.17, 15) is 4.79 Å². The summed E-state index contributed by atoms with van der Waals surface area (Å²) in [7, 11) is 0. The first-order chi connectivity index (χ1) is 10.1. The lowest BCUT2D eigenvalue weighted by Gasteiger charge is -2.27. The summed E-state index contributed by atoms with van der Waals surface area (Å²) < 4.78 is 5.84. The molecule has 0 fully saturated rings. The van der Waals surface area contributed by atoms with E-state index in [1.165, 1.54) is 11.1 Å². The van der Waals surface area contributed by atoms with Crippen molar-refractivity contribution in [2.45, 2.75) is 39.3 Å². The summed E-state index contributed by atoms with van der Waals surface area (Å²) in [6.45, 7) is 8.19. The Morgan fingerprint density at radius 3 is 2.86 bits per heavy atom. The molecule has 0 saturated carbocycles. The zero-order valence-corrected chi connectivity index (χ0v) is 13.2. The lowest BCUT2D eigenvalue weighted by Crippen LogP contribution is -2.45. The third-order valence-corrected chi connectivity index (χ3v) is 3.78. The van der Waals surface area contributed by atoms with Crippen LogP contribution in [0.3, 0.4) is 0 Å². The third-order valence-electron chi connectivity index (χ3n) is 3.78. The van der Waals surface area contributed by atoms with Gasteiger partial charge in [0.05, 0.1) is 18.8 Å². The largest absolute Gasteiger partial charge is 0.372 e. The predicted octanol–water partition coefficient (Wildman–Crippen LogP) is 2.05. The number of carbonyl (C=O) groups excluding carboxylic acids is 1. The summed E-state index contributed by atoms with van der Waals surface area (Å²) in [6, 6.07) is 8.17. The average Bonchev–Trinajstić information content (AvgIpc) is 2.50. The van der Waals surface area contributed by atoms with E-state index in [2.05, 4.69) is 42.7 Å². The molecule has 0 radical (unpaired) electrons. The first-order valence-electron chi connectivity index (χ1n) is 7.78. The van der Waals surface area contributed by atoms with Gasteiger partial charge in [0.1, 0.15) is 0 Å². The second-order valence-corrected chi connectivity index (χ2v) is 6.08. The minimum absolute atomic E-state index is 0.0373. The monoisotopic (exact) mass is 290 g/mol. The molecular formula is C17H26N2O2. The van der Waals surface area contributed by atoms with E-state index in [4.69, 9.17) is 4.74 Å². The summed E-state index contributed by atoms with van der Waals surface area (Å²) in [6.07, 6.45) is 1.01. The van der Waals surface area contributed by atoms with Crippen molar-refractivity contribution in [3.05, 3.63) is 35.4 Å².